The Hall–Kier alpha value is -1.37. The molecule has 0 saturated carbocycles. The number of fused-ring (bicyclic) bond motifs is 1. The Morgan fingerprint density at radius 1 is 1.17 bits per heavy atom. The van der Waals surface area contributed by atoms with Crippen LogP contribution in [0.3, 0.4) is 0 Å². The van der Waals surface area contributed by atoms with Crippen LogP contribution in [0.15, 0.2) is 0 Å². The molecule has 2 N–H and O–H groups in total. The molecule has 0 atom stereocenters. The Balaban J connectivity index is 2.03. The summed E-state index contributed by atoms with van der Waals surface area (Å²) in [6.07, 6.45) is -0.629. The van der Waals surface area contributed by atoms with E-state index in [4.69, 9.17) is 5.73 Å². The smallest absolute Gasteiger partial charge is 0.383 e. The molecule has 0 fully saturated rings. The van der Waals surface area contributed by atoms with Gasteiger partial charge in [-0.1, -0.05) is 0 Å². The summed E-state index contributed by atoms with van der Waals surface area (Å²) in [6, 6.07) is 0. The molecule has 18 heavy (non-hydrogen) atoms. The molecule has 0 unspecified atom stereocenters. The van der Waals surface area contributed by atoms with Crippen molar-refractivity contribution in [1.82, 2.24) is 9.97 Å². The molecule has 4 nitrogen and oxygen atoms in total. The van der Waals surface area contributed by atoms with Crippen molar-refractivity contribution in [3.05, 3.63) is 17.1 Å². The van der Waals surface area contributed by atoms with Crippen LogP contribution in [0.2, 0.25) is 0 Å². The van der Waals surface area contributed by atoms with Gasteiger partial charge < -0.3 is 10.5 Å². The monoisotopic (exact) mass is 261 g/mol. The van der Waals surface area contributed by atoms with Crippen LogP contribution >= 0.6 is 0 Å². The molecule has 0 saturated heterocycles. The van der Waals surface area contributed by atoms with Crippen LogP contribution in [0, 0.1) is 0 Å². The average molecular weight is 261 g/mol. The van der Waals surface area contributed by atoms with Gasteiger partial charge in [0, 0.05) is 11.3 Å². The van der Waals surface area contributed by atoms with Crippen molar-refractivity contribution in [2.75, 3.05) is 12.3 Å². The number of aromatic nitrogens is 2. The summed E-state index contributed by atoms with van der Waals surface area (Å²) < 4.78 is 40.3. The highest BCUT2D eigenvalue weighted by Gasteiger charge is 2.27. The predicted octanol–water partition coefficient (Wildman–Crippen LogP) is 2.02. The number of hydrogen-bond donors (Lipinski definition) is 1. The van der Waals surface area contributed by atoms with E-state index in [0.29, 0.717) is 5.82 Å². The Labute approximate surface area is 102 Å². The van der Waals surface area contributed by atoms with Gasteiger partial charge in [-0.25, -0.2) is 9.97 Å². The van der Waals surface area contributed by atoms with Gasteiger partial charge in [0.15, 0.2) is 5.82 Å². The Morgan fingerprint density at radius 2 is 1.89 bits per heavy atom. The number of alkyl halides is 3. The Kier molecular flexibility index (Phi) is 3.70. The van der Waals surface area contributed by atoms with E-state index in [1.165, 1.54) is 0 Å². The molecule has 2 rings (SSSR count). The number of nitrogens with zero attached hydrogens (tertiary/aromatic N) is 2. The van der Waals surface area contributed by atoms with Crippen molar-refractivity contribution in [3.8, 4) is 0 Å². The number of halogens is 3. The van der Waals surface area contributed by atoms with E-state index in [0.717, 1.165) is 36.9 Å². The quantitative estimate of drug-likeness (QED) is 0.904. The molecule has 0 spiro atoms. The maximum Gasteiger partial charge on any atom is 0.411 e. The predicted molar refractivity (Wildman–Crippen MR) is 58.8 cm³/mol. The van der Waals surface area contributed by atoms with Crippen LogP contribution in [-0.2, 0) is 24.2 Å². The Bertz CT molecular complexity index is 434. The van der Waals surface area contributed by atoms with Crippen molar-refractivity contribution >= 4 is 5.82 Å². The fourth-order valence-corrected chi connectivity index (χ4v) is 2.00. The number of hydrogen-bond acceptors (Lipinski definition) is 4. The second kappa shape index (κ2) is 5.09. The molecular formula is C11H14F3N3O. The summed E-state index contributed by atoms with van der Waals surface area (Å²) in [6.45, 7) is -1.57. The highest BCUT2D eigenvalue weighted by molar-refractivity contribution is 5.43. The van der Waals surface area contributed by atoms with Crippen LogP contribution in [0.4, 0.5) is 19.0 Å². The number of nitrogens with two attached hydrogens (primary N) is 1. The minimum Gasteiger partial charge on any atom is -0.383 e. The zero-order chi connectivity index (χ0) is 13.2. The fraction of sp³-hybridized carbons (Fsp3) is 0.636. The number of nitrogen functional groups attached to an aromatic ring is 1. The number of aryl methyl sites for hydroxylation is 1. The first kappa shape index (κ1) is 13.1. The molecule has 1 aromatic rings. The topological polar surface area (TPSA) is 61.0 Å². The van der Waals surface area contributed by atoms with E-state index in [9.17, 15) is 13.2 Å². The van der Waals surface area contributed by atoms with Crippen LogP contribution in [0.5, 0.6) is 0 Å². The minimum absolute atomic E-state index is 0.220. The van der Waals surface area contributed by atoms with Gasteiger partial charge in [-0.3, -0.25) is 0 Å². The van der Waals surface area contributed by atoms with Gasteiger partial charge >= 0.3 is 6.18 Å². The zero-order valence-corrected chi connectivity index (χ0v) is 9.76. The van der Waals surface area contributed by atoms with Crippen molar-refractivity contribution in [2.24, 2.45) is 0 Å². The standard InChI is InChI=1S/C11H14F3N3O/c12-11(13,14)6-18-5-9-16-8-4-2-1-3-7(8)10(15)17-9/h1-6H2,(H2,15,16,17). The first-order valence-corrected chi connectivity index (χ1v) is 5.74. The van der Waals surface area contributed by atoms with Crippen molar-refractivity contribution in [2.45, 2.75) is 38.5 Å². The molecule has 0 bridgehead atoms. The fourth-order valence-electron chi connectivity index (χ4n) is 2.00. The molecule has 0 radical (unpaired) electrons. The second-order valence-electron chi connectivity index (χ2n) is 4.27. The molecule has 100 valence electrons. The third kappa shape index (κ3) is 3.32. The molecule has 1 heterocycles. The van der Waals surface area contributed by atoms with Gasteiger partial charge in [0.2, 0.25) is 0 Å². The molecule has 0 aliphatic heterocycles. The largest absolute Gasteiger partial charge is 0.411 e. The van der Waals surface area contributed by atoms with Crippen molar-refractivity contribution in [1.29, 1.82) is 0 Å². The summed E-state index contributed by atoms with van der Waals surface area (Å²) in [4.78, 5) is 8.19. The summed E-state index contributed by atoms with van der Waals surface area (Å²) in [5, 5.41) is 0. The van der Waals surface area contributed by atoms with Crippen molar-refractivity contribution in [3.63, 3.8) is 0 Å². The summed E-state index contributed by atoms with van der Waals surface area (Å²) in [5.74, 6) is 0.586. The SMILES string of the molecule is Nc1nc(COCC(F)(F)F)nc2c1CCCC2. The molecule has 1 aliphatic rings. The number of rotatable bonds is 3. The molecule has 0 aromatic carbocycles. The third-order valence-corrected chi connectivity index (χ3v) is 2.76. The number of anilines is 1. The maximum absolute atomic E-state index is 11.9. The lowest BCUT2D eigenvalue weighted by Crippen LogP contribution is -2.18. The molecule has 1 aliphatic carbocycles. The van der Waals surface area contributed by atoms with Gasteiger partial charge in [0.1, 0.15) is 19.0 Å². The van der Waals surface area contributed by atoms with Gasteiger partial charge in [-0.2, -0.15) is 13.2 Å². The third-order valence-electron chi connectivity index (χ3n) is 2.76. The van der Waals surface area contributed by atoms with Gasteiger partial charge in [-0.15, -0.1) is 0 Å². The normalized spacial score (nSPS) is 15.5. The van der Waals surface area contributed by atoms with E-state index < -0.39 is 12.8 Å². The zero-order valence-electron chi connectivity index (χ0n) is 9.76. The minimum atomic E-state index is -4.33. The summed E-state index contributed by atoms with van der Waals surface area (Å²) >= 11 is 0. The first-order valence-electron chi connectivity index (χ1n) is 5.74. The highest BCUT2D eigenvalue weighted by atomic mass is 19.4. The van der Waals surface area contributed by atoms with E-state index in [2.05, 4.69) is 14.7 Å². The summed E-state index contributed by atoms with van der Waals surface area (Å²) in [5.41, 5.74) is 7.55. The maximum atomic E-state index is 11.9. The van der Waals surface area contributed by atoms with Crippen molar-refractivity contribution < 1.29 is 17.9 Å². The van der Waals surface area contributed by atoms with E-state index in [-0.39, 0.29) is 12.4 Å². The Morgan fingerprint density at radius 3 is 2.61 bits per heavy atom. The van der Waals surface area contributed by atoms with Crippen LogP contribution < -0.4 is 5.73 Å². The lowest BCUT2D eigenvalue weighted by molar-refractivity contribution is -0.177. The van der Waals surface area contributed by atoms with Crippen LogP contribution in [-0.4, -0.2) is 22.8 Å². The lowest BCUT2D eigenvalue weighted by atomic mass is 9.96. The highest BCUT2D eigenvalue weighted by Crippen LogP contribution is 2.23. The summed E-state index contributed by atoms with van der Waals surface area (Å²) in [7, 11) is 0. The average Bonchev–Trinajstić information content (AvgIpc) is 2.27. The van der Waals surface area contributed by atoms with Gasteiger partial charge in [-0.05, 0) is 25.7 Å². The molecular weight excluding hydrogens is 247 g/mol. The molecule has 1 aromatic heterocycles. The van der Waals surface area contributed by atoms with E-state index >= 15 is 0 Å². The van der Waals surface area contributed by atoms with E-state index in [1.54, 1.807) is 0 Å². The second-order valence-corrected chi connectivity index (χ2v) is 4.27. The molecule has 7 heteroatoms. The van der Waals surface area contributed by atoms with Crippen LogP contribution in [0.25, 0.3) is 0 Å². The van der Waals surface area contributed by atoms with Crippen LogP contribution in [0.1, 0.15) is 29.9 Å². The molecule has 0 amide bonds. The first-order chi connectivity index (χ1) is 8.46. The van der Waals surface area contributed by atoms with E-state index in [1.807, 2.05) is 0 Å². The van der Waals surface area contributed by atoms with Gasteiger partial charge in [0.25, 0.3) is 0 Å². The van der Waals surface area contributed by atoms with Gasteiger partial charge in [0.05, 0.1) is 0 Å². The number of ether oxygens (including phenoxy) is 1. The lowest BCUT2D eigenvalue weighted by Gasteiger charge is -2.17.